The Labute approximate surface area is 133 Å². The number of hydrogen-bond donors (Lipinski definition) is 0. The maximum absolute atomic E-state index is 11.8. The minimum Gasteiger partial charge on any atom is -0.460 e. The molecule has 0 radical (unpaired) electrons. The van der Waals surface area contributed by atoms with Crippen LogP contribution in [0.25, 0.3) is 0 Å². The third kappa shape index (κ3) is 6.63. The Balaban J connectivity index is 1.44. The number of carbonyl (C=O) groups excluding carboxylic acids is 1. The summed E-state index contributed by atoms with van der Waals surface area (Å²) in [7, 11) is 0. The van der Waals surface area contributed by atoms with Gasteiger partial charge in [0, 0.05) is 13.2 Å². The normalized spacial score (nSPS) is 28.4. The summed E-state index contributed by atoms with van der Waals surface area (Å²) >= 11 is 0. The van der Waals surface area contributed by atoms with Crippen LogP contribution in [0.4, 0.5) is 0 Å². The third-order valence-electron chi connectivity index (χ3n) is 3.84. The first-order chi connectivity index (χ1) is 10.5. The third-order valence-corrected chi connectivity index (χ3v) is 3.84. The van der Waals surface area contributed by atoms with E-state index in [1.54, 1.807) is 0 Å². The molecular weight excluding hydrogens is 284 g/mol. The monoisotopic (exact) mass is 314 g/mol. The summed E-state index contributed by atoms with van der Waals surface area (Å²) in [6.07, 6.45) is 5.07. The van der Waals surface area contributed by atoms with Gasteiger partial charge in [0.05, 0.1) is 19.1 Å². The Morgan fingerprint density at radius 2 is 2.05 bits per heavy atom. The minimum atomic E-state index is -0.399. The lowest BCUT2D eigenvalue weighted by molar-refractivity contribution is -0.164. The second kappa shape index (κ2) is 8.27. The molecule has 3 atom stereocenters. The Hall–Kier alpha value is -0.650. The smallest absolute Gasteiger partial charge is 0.309 e. The van der Waals surface area contributed by atoms with E-state index >= 15 is 0 Å². The van der Waals surface area contributed by atoms with Crippen LogP contribution in [0.5, 0.6) is 0 Å². The maximum atomic E-state index is 11.8. The van der Waals surface area contributed by atoms with Crippen molar-refractivity contribution in [3.63, 3.8) is 0 Å². The Morgan fingerprint density at radius 1 is 1.23 bits per heavy atom. The molecule has 0 spiro atoms. The highest BCUT2D eigenvalue weighted by molar-refractivity contribution is 5.76. The van der Waals surface area contributed by atoms with Crippen molar-refractivity contribution in [1.82, 2.24) is 0 Å². The zero-order valence-corrected chi connectivity index (χ0v) is 14.1. The van der Waals surface area contributed by atoms with Gasteiger partial charge >= 0.3 is 5.97 Å². The van der Waals surface area contributed by atoms with Crippen LogP contribution < -0.4 is 0 Å². The van der Waals surface area contributed by atoms with Crippen LogP contribution in [-0.4, -0.2) is 44.3 Å². The zero-order valence-electron chi connectivity index (χ0n) is 14.1. The SMILES string of the molecule is CC(C)(C)OC(=O)[C@@H]1CC1COCCCOC1CCCCO1. The van der Waals surface area contributed by atoms with Gasteiger partial charge in [0.2, 0.25) is 0 Å². The fourth-order valence-electron chi connectivity index (χ4n) is 2.55. The summed E-state index contributed by atoms with van der Waals surface area (Å²) in [6.45, 7) is 8.49. The van der Waals surface area contributed by atoms with E-state index in [-0.39, 0.29) is 18.2 Å². The van der Waals surface area contributed by atoms with Gasteiger partial charge in [-0.1, -0.05) is 0 Å². The van der Waals surface area contributed by atoms with Crippen LogP contribution in [-0.2, 0) is 23.7 Å². The van der Waals surface area contributed by atoms with E-state index in [0.29, 0.717) is 25.7 Å². The molecule has 22 heavy (non-hydrogen) atoms. The fraction of sp³-hybridized carbons (Fsp3) is 0.941. The number of esters is 1. The lowest BCUT2D eigenvalue weighted by Gasteiger charge is -2.22. The predicted octanol–water partition coefficient (Wildman–Crippen LogP) is 2.91. The number of carbonyl (C=O) groups is 1. The van der Waals surface area contributed by atoms with Gasteiger partial charge in [0.15, 0.2) is 6.29 Å². The molecule has 2 unspecified atom stereocenters. The Morgan fingerprint density at radius 3 is 2.73 bits per heavy atom. The van der Waals surface area contributed by atoms with Crippen molar-refractivity contribution < 1.29 is 23.7 Å². The highest BCUT2D eigenvalue weighted by Gasteiger charge is 2.45. The predicted molar refractivity (Wildman–Crippen MR) is 82.4 cm³/mol. The highest BCUT2D eigenvalue weighted by Crippen LogP contribution is 2.40. The van der Waals surface area contributed by atoms with E-state index in [2.05, 4.69) is 0 Å². The van der Waals surface area contributed by atoms with E-state index in [1.165, 1.54) is 6.42 Å². The Kier molecular flexibility index (Phi) is 6.66. The van der Waals surface area contributed by atoms with Gasteiger partial charge in [0.25, 0.3) is 0 Å². The first-order valence-electron chi connectivity index (χ1n) is 8.49. The topological polar surface area (TPSA) is 54.0 Å². The average molecular weight is 314 g/mol. The molecule has 0 aromatic heterocycles. The first kappa shape index (κ1) is 17.7. The molecule has 0 N–H and O–H groups in total. The summed E-state index contributed by atoms with van der Waals surface area (Å²) < 4.78 is 22.1. The van der Waals surface area contributed by atoms with E-state index in [0.717, 1.165) is 32.3 Å². The standard InChI is InChI=1S/C17H30O5/c1-17(2,3)22-16(18)14-11-13(14)12-19-8-6-10-21-15-7-4-5-9-20-15/h13-15H,4-12H2,1-3H3/t13?,14-,15?/m1/s1. The molecule has 5 heteroatoms. The zero-order chi connectivity index (χ0) is 16.0. The summed E-state index contributed by atoms with van der Waals surface area (Å²) in [5.74, 6) is 0.280. The quantitative estimate of drug-likeness (QED) is 0.509. The first-order valence-corrected chi connectivity index (χ1v) is 8.49. The van der Waals surface area contributed by atoms with Crippen molar-refractivity contribution in [2.24, 2.45) is 11.8 Å². The second-order valence-electron chi connectivity index (χ2n) is 7.23. The Bertz CT molecular complexity index is 343. The van der Waals surface area contributed by atoms with Crippen molar-refractivity contribution in [3.05, 3.63) is 0 Å². The molecule has 0 aromatic rings. The van der Waals surface area contributed by atoms with Gasteiger partial charge in [-0.2, -0.15) is 0 Å². The minimum absolute atomic E-state index is 0.0197. The molecule has 1 heterocycles. The van der Waals surface area contributed by atoms with Gasteiger partial charge in [-0.25, -0.2) is 0 Å². The van der Waals surface area contributed by atoms with Crippen molar-refractivity contribution in [2.45, 2.75) is 64.8 Å². The fourth-order valence-corrected chi connectivity index (χ4v) is 2.55. The van der Waals surface area contributed by atoms with E-state index < -0.39 is 5.60 Å². The highest BCUT2D eigenvalue weighted by atomic mass is 16.7. The summed E-state index contributed by atoms with van der Waals surface area (Å²) in [5, 5.41) is 0. The second-order valence-corrected chi connectivity index (χ2v) is 7.23. The van der Waals surface area contributed by atoms with Crippen LogP contribution in [0.2, 0.25) is 0 Å². The van der Waals surface area contributed by atoms with E-state index in [4.69, 9.17) is 18.9 Å². The molecule has 0 bridgehead atoms. The van der Waals surface area contributed by atoms with E-state index in [9.17, 15) is 4.79 Å². The molecule has 0 aromatic carbocycles. The molecule has 128 valence electrons. The van der Waals surface area contributed by atoms with Crippen LogP contribution in [0, 0.1) is 11.8 Å². The summed E-state index contributed by atoms with van der Waals surface area (Å²) in [6, 6.07) is 0. The van der Waals surface area contributed by atoms with Gasteiger partial charge in [-0.15, -0.1) is 0 Å². The molecule has 5 nitrogen and oxygen atoms in total. The van der Waals surface area contributed by atoms with Gasteiger partial charge in [-0.05, 0) is 58.8 Å². The lowest BCUT2D eigenvalue weighted by atomic mass is 10.2. The molecule has 1 saturated carbocycles. The summed E-state index contributed by atoms with van der Waals surface area (Å²) in [5.41, 5.74) is -0.399. The van der Waals surface area contributed by atoms with Gasteiger partial charge in [0.1, 0.15) is 5.60 Å². The van der Waals surface area contributed by atoms with E-state index in [1.807, 2.05) is 20.8 Å². The van der Waals surface area contributed by atoms with Crippen molar-refractivity contribution in [3.8, 4) is 0 Å². The van der Waals surface area contributed by atoms with Crippen molar-refractivity contribution in [1.29, 1.82) is 0 Å². The molecular formula is C17H30O5. The van der Waals surface area contributed by atoms with Crippen LogP contribution in [0.15, 0.2) is 0 Å². The number of rotatable bonds is 8. The van der Waals surface area contributed by atoms with Crippen LogP contribution >= 0.6 is 0 Å². The lowest BCUT2D eigenvalue weighted by Crippen LogP contribution is -2.25. The molecule has 2 aliphatic rings. The molecule has 1 aliphatic heterocycles. The largest absolute Gasteiger partial charge is 0.460 e. The van der Waals surface area contributed by atoms with Crippen molar-refractivity contribution >= 4 is 5.97 Å². The molecule has 2 rings (SSSR count). The maximum Gasteiger partial charge on any atom is 0.309 e. The van der Waals surface area contributed by atoms with Gasteiger partial charge < -0.3 is 18.9 Å². The number of ether oxygens (including phenoxy) is 4. The number of hydrogen-bond acceptors (Lipinski definition) is 5. The molecule has 2 fully saturated rings. The van der Waals surface area contributed by atoms with Gasteiger partial charge in [-0.3, -0.25) is 4.79 Å². The molecule has 0 amide bonds. The average Bonchev–Trinajstić information content (AvgIpc) is 3.22. The van der Waals surface area contributed by atoms with Crippen molar-refractivity contribution in [2.75, 3.05) is 26.4 Å². The van der Waals surface area contributed by atoms with Crippen LogP contribution in [0.3, 0.4) is 0 Å². The molecule has 1 aliphatic carbocycles. The van der Waals surface area contributed by atoms with Crippen LogP contribution in [0.1, 0.15) is 52.9 Å². The molecule has 1 saturated heterocycles. The summed E-state index contributed by atoms with van der Waals surface area (Å²) in [4.78, 5) is 11.8.